The molecular weight excluding hydrogens is 290 g/mol. The van der Waals surface area contributed by atoms with Gasteiger partial charge < -0.3 is 14.4 Å². The van der Waals surface area contributed by atoms with Gasteiger partial charge in [-0.25, -0.2) is 4.98 Å². The highest BCUT2D eigenvalue weighted by Crippen LogP contribution is 2.20. The van der Waals surface area contributed by atoms with E-state index in [9.17, 15) is 0 Å². The maximum atomic E-state index is 5.40. The lowest BCUT2D eigenvalue weighted by Gasteiger charge is -2.29. The number of nitrogens with zero attached hydrogens (tertiary/aromatic N) is 3. The topological polar surface area (TPSA) is 47.0 Å². The van der Waals surface area contributed by atoms with Crippen LogP contribution in [0.4, 0.5) is 11.4 Å². The van der Waals surface area contributed by atoms with E-state index in [4.69, 9.17) is 9.47 Å². The van der Waals surface area contributed by atoms with Gasteiger partial charge in [-0.05, 0) is 36.2 Å². The maximum Gasteiger partial charge on any atom is 0.213 e. The molecule has 1 aromatic heterocycles. The molecule has 0 radical (unpaired) electrons. The van der Waals surface area contributed by atoms with E-state index in [1.165, 1.54) is 11.3 Å². The Kier molecular flexibility index (Phi) is 4.88. The van der Waals surface area contributed by atoms with Crippen LogP contribution in [0.1, 0.15) is 11.1 Å². The lowest BCUT2D eigenvalue weighted by atomic mass is 10.1. The predicted octanol–water partition coefficient (Wildman–Crippen LogP) is 2.99. The van der Waals surface area contributed by atoms with E-state index in [-0.39, 0.29) is 0 Å². The lowest BCUT2D eigenvalue weighted by Crippen LogP contribution is -2.36. The van der Waals surface area contributed by atoms with Crippen LogP contribution in [0.3, 0.4) is 0 Å². The standard InChI is InChI=1S/C18H21N3O2/c1-14-11-17(21-7-9-23-10-8-21)5-3-15(14)12-19-16-4-6-18(22-2)20-13-16/h3-6,11-13H,7-10H2,1-2H3. The van der Waals surface area contributed by atoms with Crippen LogP contribution in [0.15, 0.2) is 41.5 Å². The summed E-state index contributed by atoms with van der Waals surface area (Å²) in [5.41, 5.74) is 4.37. The van der Waals surface area contributed by atoms with Crippen LogP contribution in [0.25, 0.3) is 0 Å². The molecule has 0 bridgehead atoms. The SMILES string of the molecule is COc1ccc(N=Cc2ccc(N3CCOCC3)cc2C)cn1. The molecule has 23 heavy (non-hydrogen) atoms. The number of pyridine rings is 1. The Morgan fingerprint density at radius 3 is 2.70 bits per heavy atom. The van der Waals surface area contributed by atoms with Crippen LogP contribution in [0.5, 0.6) is 5.88 Å². The zero-order valence-electron chi connectivity index (χ0n) is 13.5. The van der Waals surface area contributed by atoms with Gasteiger partial charge in [-0.2, -0.15) is 0 Å². The van der Waals surface area contributed by atoms with Gasteiger partial charge in [-0.1, -0.05) is 6.07 Å². The Morgan fingerprint density at radius 2 is 2.04 bits per heavy atom. The summed E-state index contributed by atoms with van der Waals surface area (Å²) >= 11 is 0. The molecule has 2 heterocycles. The molecule has 1 fully saturated rings. The van der Waals surface area contributed by atoms with E-state index < -0.39 is 0 Å². The quantitative estimate of drug-likeness (QED) is 0.814. The number of aliphatic imine (C=N–C) groups is 1. The van der Waals surface area contributed by atoms with Gasteiger partial charge in [-0.15, -0.1) is 0 Å². The number of benzene rings is 1. The van der Waals surface area contributed by atoms with E-state index in [0.717, 1.165) is 37.6 Å². The first kappa shape index (κ1) is 15.5. The molecule has 1 saturated heterocycles. The van der Waals surface area contributed by atoms with Crippen molar-refractivity contribution in [3.63, 3.8) is 0 Å². The number of anilines is 1. The minimum absolute atomic E-state index is 0.593. The first-order chi connectivity index (χ1) is 11.3. The largest absolute Gasteiger partial charge is 0.481 e. The van der Waals surface area contributed by atoms with Crippen molar-refractivity contribution in [3.05, 3.63) is 47.7 Å². The molecule has 0 N–H and O–H groups in total. The van der Waals surface area contributed by atoms with Gasteiger partial charge >= 0.3 is 0 Å². The minimum Gasteiger partial charge on any atom is -0.481 e. The first-order valence-corrected chi connectivity index (χ1v) is 7.74. The molecule has 0 spiro atoms. The second-order valence-electron chi connectivity index (χ2n) is 5.46. The normalized spacial score (nSPS) is 15.1. The Morgan fingerprint density at radius 1 is 1.22 bits per heavy atom. The fourth-order valence-corrected chi connectivity index (χ4v) is 2.54. The van der Waals surface area contributed by atoms with Crippen LogP contribution in [0, 0.1) is 6.92 Å². The van der Waals surface area contributed by atoms with Gasteiger partial charge in [0.25, 0.3) is 0 Å². The Balaban J connectivity index is 1.73. The van der Waals surface area contributed by atoms with E-state index in [1.807, 2.05) is 12.3 Å². The summed E-state index contributed by atoms with van der Waals surface area (Å²) in [6.07, 6.45) is 3.58. The average molecular weight is 311 g/mol. The molecule has 1 aliphatic rings. The van der Waals surface area contributed by atoms with Crippen molar-refractivity contribution in [2.75, 3.05) is 38.3 Å². The molecule has 1 aromatic carbocycles. The number of hydrogen-bond acceptors (Lipinski definition) is 5. The van der Waals surface area contributed by atoms with Crippen LogP contribution < -0.4 is 9.64 Å². The fourth-order valence-electron chi connectivity index (χ4n) is 2.54. The monoisotopic (exact) mass is 311 g/mol. The van der Waals surface area contributed by atoms with Gasteiger partial charge in [0.2, 0.25) is 5.88 Å². The van der Waals surface area contributed by atoms with E-state index >= 15 is 0 Å². The van der Waals surface area contributed by atoms with Crippen LogP contribution in [-0.2, 0) is 4.74 Å². The van der Waals surface area contributed by atoms with Crippen LogP contribution in [0.2, 0.25) is 0 Å². The highest BCUT2D eigenvalue weighted by molar-refractivity contribution is 5.84. The molecule has 0 saturated carbocycles. The van der Waals surface area contributed by atoms with Crippen molar-refractivity contribution in [2.45, 2.75) is 6.92 Å². The number of rotatable bonds is 4. The molecule has 0 aliphatic carbocycles. The highest BCUT2D eigenvalue weighted by Gasteiger charge is 2.11. The summed E-state index contributed by atoms with van der Waals surface area (Å²) in [7, 11) is 1.60. The third kappa shape index (κ3) is 3.87. The Labute approximate surface area is 136 Å². The zero-order chi connectivity index (χ0) is 16.1. The number of hydrogen-bond donors (Lipinski definition) is 0. The minimum atomic E-state index is 0.593. The van der Waals surface area contributed by atoms with Gasteiger partial charge in [0, 0.05) is 31.1 Å². The van der Waals surface area contributed by atoms with Crippen molar-refractivity contribution in [2.24, 2.45) is 4.99 Å². The van der Waals surface area contributed by atoms with Crippen LogP contribution in [-0.4, -0.2) is 44.6 Å². The second kappa shape index (κ2) is 7.24. The summed E-state index contributed by atoms with van der Waals surface area (Å²) in [4.78, 5) is 11.0. The van der Waals surface area contributed by atoms with E-state index in [2.05, 4.69) is 40.0 Å². The zero-order valence-corrected chi connectivity index (χ0v) is 13.5. The molecule has 0 amide bonds. The smallest absolute Gasteiger partial charge is 0.213 e. The molecule has 1 aliphatic heterocycles. The number of aromatic nitrogens is 1. The Bertz CT molecular complexity index is 677. The average Bonchev–Trinajstić information content (AvgIpc) is 2.62. The summed E-state index contributed by atoms with van der Waals surface area (Å²) in [5, 5.41) is 0. The molecule has 3 rings (SSSR count). The molecule has 0 atom stereocenters. The van der Waals surface area contributed by atoms with Gasteiger partial charge in [0.15, 0.2) is 0 Å². The summed E-state index contributed by atoms with van der Waals surface area (Å²) in [6.45, 7) is 5.60. The van der Waals surface area contributed by atoms with E-state index in [0.29, 0.717) is 5.88 Å². The summed E-state index contributed by atoms with van der Waals surface area (Å²) in [5.74, 6) is 0.593. The van der Waals surface area contributed by atoms with Crippen molar-refractivity contribution in [3.8, 4) is 5.88 Å². The molecule has 2 aromatic rings. The van der Waals surface area contributed by atoms with Gasteiger partial charge in [-0.3, -0.25) is 4.99 Å². The van der Waals surface area contributed by atoms with Crippen molar-refractivity contribution >= 4 is 17.6 Å². The molecule has 5 heteroatoms. The number of methoxy groups -OCH3 is 1. The lowest BCUT2D eigenvalue weighted by molar-refractivity contribution is 0.122. The Hall–Kier alpha value is -2.40. The molecule has 5 nitrogen and oxygen atoms in total. The van der Waals surface area contributed by atoms with Gasteiger partial charge in [0.1, 0.15) is 0 Å². The van der Waals surface area contributed by atoms with Crippen molar-refractivity contribution in [1.82, 2.24) is 4.98 Å². The highest BCUT2D eigenvalue weighted by atomic mass is 16.5. The number of aryl methyl sites for hydroxylation is 1. The third-order valence-corrected chi connectivity index (χ3v) is 3.91. The second-order valence-corrected chi connectivity index (χ2v) is 5.46. The summed E-state index contributed by atoms with van der Waals surface area (Å²) in [6, 6.07) is 10.2. The van der Waals surface area contributed by atoms with Crippen molar-refractivity contribution < 1.29 is 9.47 Å². The third-order valence-electron chi connectivity index (χ3n) is 3.91. The van der Waals surface area contributed by atoms with Crippen LogP contribution >= 0.6 is 0 Å². The first-order valence-electron chi connectivity index (χ1n) is 7.74. The maximum absolute atomic E-state index is 5.40. The molecule has 0 unspecified atom stereocenters. The van der Waals surface area contributed by atoms with Gasteiger partial charge in [0.05, 0.1) is 32.2 Å². The summed E-state index contributed by atoms with van der Waals surface area (Å²) < 4.78 is 10.4. The fraction of sp³-hybridized carbons (Fsp3) is 0.333. The number of morpholine rings is 1. The molecule has 120 valence electrons. The van der Waals surface area contributed by atoms with Crippen molar-refractivity contribution in [1.29, 1.82) is 0 Å². The predicted molar refractivity (Wildman–Crippen MR) is 92.3 cm³/mol. The number of ether oxygens (including phenoxy) is 2. The van der Waals surface area contributed by atoms with E-state index in [1.54, 1.807) is 19.4 Å². The molecular formula is C18H21N3O2.